The summed E-state index contributed by atoms with van der Waals surface area (Å²) in [4.78, 5) is 13.2. The van der Waals surface area contributed by atoms with Gasteiger partial charge in [-0.15, -0.1) is 0 Å². The molecule has 0 spiro atoms. The van der Waals surface area contributed by atoms with E-state index in [0.29, 0.717) is 12.6 Å². The molecule has 0 heterocycles. The summed E-state index contributed by atoms with van der Waals surface area (Å²) >= 11 is 0. The van der Waals surface area contributed by atoms with Crippen LogP contribution in [0.15, 0.2) is 0 Å². The van der Waals surface area contributed by atoms with Gasteiger partial charge in [-0.3, -0.25) is 4.79 Å². The van der Waals surface area contributed by atoms with E-state index < -0.39 is 0 Å². The fourth-order valence-corrected chi connectivity index (χ4v) is 1.11. The van der Waals surface area contributed by atoms with Crippen LogP contribution in [0.1, 0.15) is 33.1 Å². The first-order chi connectivity index (χ1) is 7.07. The lowest BCUT2D eigenvalue weighted by atomic mass is 10.2. The average Bonchev–Trinajstić information content (AvgIpc) is 2.17. The SMILES string of the molecule is CC(C)N(C)CCCCNC(=O)CC#N. The van der Waals surface area contributed by atoms with Gasteiger partial charge in [0.2, 0.25) is 5.91 Å². The number of unbranched alkanes of at least 4 members (excludes halogenated alkanes) is 1. The summed E-state index contributed by atoms with van der Waals surface area (Å²) in [6.07, 6.45) is 2.00. The van der Waals surface area contributed by atoms with E-state index in [-0.39, 0.29) is 12.3 Å². The van der Waals surface area contributed by atoms with Crippen LogP contribution in [0.4, 0.5) is 0 Å². The first kappa shape index (κ1) is 13.9. The number of rotatable bonds is 7. The Bertz CT molecular complexity index is 220. The number of hydrogen-bond donors (Lipinski definition) is 1. The van der Waals surface area contributed by atoms with E-state index in [1.165, 1.54) is 0 Å². The maximum Gasteiger partial charge on any atom is 0.234 e. The van der Waals surface area contributed by atoms with E-state index in [9.17, 15) is 4.79 Å². The van der Waals surface area contributed by atoms with E-state index in [2.05, 4.69) is 31.1 Å². The number of amides is 1. The first-order valence-electron chi connectivity index (χ1n) is 5.41. The van der Waals surface area contributed by atoms with Crippen molar-refractivity contribution in [2.75, 3.05) is 20.1 Å². The zero-order valence-corrected chi connectivity index (χ0v) is 9.92. The molecule has 15 heavy (non-hydrogen) atoms. The third kappa shape index (κ3) is 7.95. The molecule has 0 aromatic carbocycles. The predicted octanol–water partition coefficient (Wildman–Crippen LogP) is 1.14. The topological polar surface area (TPSA) is 56.1 Å². The minimum Gasteiger partial charge on any atom is -0.355 e. The minimum absolute atomic E-state index is 0.0358. The molecule has 4 nitrogen and oxygen atoms in total. The number of nitriles is 1. The highest BCUT2D eigenvalue weighted by molar-refractivity contribution is 5.77. The molecule has 0 atom stereocenters. The van der Waals surface area contributed by atoms with Crippen LogP contribution in [0.3, 0.4) is 0 Å². The third-order valence-electron chi connectivity index (χ3n) is 2.38. The summed E-state index contributed by atoms with van der Waals surface area (Å²) in [7, 11) is 2.10. The molecule has 0 saturated carbocycles. The Morgan fingerprint density at radius 3 is 2.67 bits per heavy atom. The quantitative estimate of drug-likeness (QED) is 0.642. The Morgan fingerprint density at radius 1 is 1.47 bits per heavy atom. The van der Waals surface area contributed by atoms with Gasteiger partial charge in [0.1, 0.15) is 6.42 Å². The summed E-state index contributed by atoms with van der Waals surface area (Å²) in [5, 5.41) is 11.0. The molecule has 0 aromatic heterocycles. The normalized spacial score (nSPS) is 10.4. The number of hydrogen-bond acceptors (Lipinski definition) is 3. The maximum absolute atomic E-state index is 10.9. The molecule has 0 aliphatic carbocycles. The number of carbonyl (C=O) groups is 1. The number of nitrogens with zero attached hydrogens (tertiary/aromatic N) is 2. The summed E-state index contributed by atoms with van der Waals surface area (Å²) < 4.78 is 0. The number of nitrogens with one attached hydrogen (secondary N) is 1. The summed E-state index contributed by atoms with van der Waals surface area (Å²) in [5.74, 6) is -0.172. The van der Waals surface area contributed by atoms with Crippen molar-refractivity contribution in [3.05, 3.63) is 0 Å². The zero-order valence-electron chi connectivity index (χ0n) is 9.92. The van der Waals surface area contributed by atoms with Crippen LogP contribution in [-0.4, -0.2) is 37.0 Å². The Labute approximate surface area is 92.3 Å². The Morgan fingerprint density at radius 2 is 2.13 bits per heavy atom. The van der Waals surface area contributed by atoms with Gasteiger partial charge in [0, 0.05) is 12.6 Å². The second kappa shape index (κ2) is 8.25. The van der Waals surface area contributed by atoms with Crippen molar-refractivity contribution in [1.29, 1.82) is 5.26 Å². The third-order valence-corrected chi connectivity index (χ3v) is 2.38. The second-order valence-electron chi connectivity index (χ2n) is 3.97. The summed E-state index contributed by atoms with van der Waals surface area (Å²) in [6.45, 7) is 6.04. The molecule has 0 rings (SSSR count). The molecular formula is C11H21N3O. The minimum atomic E-state index is -0.172. The largest absolute Gasteiger partial charge is 0.355 e. The fourth-order valence-electron chi connectivity index (χ4n) is 1.11. The standard InChI is InChI=1S/C11H21N3O/c1-10(2)14(3)9-5-4-8-13-11(15)6-7-12/h10H,4-6,8-9H2,1-3H3,(H,13,15). The van der Waals surface area contributed by atoms with Crippen LogP contribution in [0.25, 0.3) is 0 Å². The first-order valence-corrected chi connectivity index (χ1v) is 5.41. The molecule has 0 aliphatic heterocycles. The van der Waals surface area contributed by atoms with E-state index in [0.717, 1.165) is 19.4 Å². The van der Waals surface area contributed by atoms with Gasteiger partial charge in [-0.05, 0) is 40.3 Å². The van der Waals surface area contributed by atoms with Gasteiger partial charge in [-0.25, -0.2) is 0 Å². The van der Waals surface area contributed by atoms with Crippen molar-refractivity contribution in [3.63, 3.8) is 0 Å². The molecule has 0 saturated heterocycles. The molecule has 4 heteroatoms. The van der Waals surface area contributed by atoms with Gasteiger partial charge in [-0.2, -0.15) is 5.26 Å². The van der Waals surface area contributed by atoms with Gasteiger partial charge in [0.05, 0.1) is 6.07 Å². The molecule has 0 radical (unpaired) electrons. The van der Waals surface area contributed by atoms with Crippen LogP contribution >= 0.6 is 0 Å². The summed E-state index contributed by atoms with van der Waals surface area (Å²) in [5.41, 5.74) is 0. The monoisotopic (exact) mass is 211 g/mol. The maximum atomic E-state index is 10.9. The van der Waals surface area contributed by atoms with E-state index >= 15 is 0 Å². The molecule has 0 bridgehead atoms. The highest BCUT2D eigenvalue weighted by atomic mass is 16.1. The van der Waals surface area contributed by atoms with Crippen molar-refractivity contribution in [3.8, 4) is 6.07 Å². The van der Waals surface area contributed by atoms with Crippen molar-refractivity contribution in [1.82, 2.24) is 10.2 Å². The molecule has 1 N–H and O–H groups in total. The molecule has 0 aromatic rings. The van der Waals surface area contributed by atoms with E-state index in [1.54, 1.807) is 0 Å². The van der Waals surface area contributed by atoms with Crippen molar-refractivity contribution < 1.29 is 4.79 Å². The fraction of sp³-hybridized carbons (Fsp3) is 0.818. The molecule has 86 valence electrons. The lowest BCUT2D eigenvalue weighted by Gasteiger charge is -2.20. The van der Waals surface area contributed by atoms with Crippen LogP contribution in [0.2, 0.25) is 0 Å². The van der Waals surface area contributed by atoms with Gasteiger partial charge in [0.15, 0.2) is 0 Å². The predicted molar refractivity (Wildman–Crippen MR) is 60.2 cm³/mol. The Hall–Kier alpha value is -1.08. The van der Waals surface area contributed by atoms with Crippen LogP contribution in [0.5, 0.6) is 0 Å². The lowest BCUT2D eigenvalue weighted by Crippen LogP contribution is -2.28. The highest BCUT2D eigenvalue weighted by Crippen LogP contribution is 1.97. The highest BCUT2D eigenvalue weighted by Gasteiger charge is 2.02. The van der Waals surface area contributed by atoms with Gasteiger partial charge in [0.25, 0.3) is 0 Å². The van der Waals surface area contributed by atoms with Crippen LogP contribution in [-0.2, 0) is 4.79 Å². The Kier molecular flexibility index (Phi) is 7.65. The molecular weight excluding hydrogens is 190 g/mol. The van der Waals surface area contributed by atoms with Crippen LogP contribution in [0, 0.1) is 11.3 Å². The van der Waals surface area contributed by atoms with Gasteiger partial charge in [-0.1, -0.05) is 0 Å². The molecule has 0 aliphatic rings. The van der Waals surface area contributed by atoms with Crippen LogP contribution < -0.4 is 5.32 Å². The lowest BCUT2D eigenvalue weighted by molar-refractivity contribution is -0.120. The van der Waals surface area contributed by atoms with Gasteiger partial charge >= 0.3 is 0 Å². The van der Waals surface area contributed by atoms with Crippen molar-refractivity contribution in [2.45, 2.75) is 39.2 Å². The summed E-state index contributed by atoms with van der Waals surface area (Å²) in [6, 6.07) is 2.39. The van der Waals surface area contributed by atoms with E-state index in [4.69, 9.17) is 5.26 Å². The average molecular weight is 211 g/mol. The van der Waals surface area contributed by atoms with Gasteiger partial charge < -0.3 is 10.2 Å². The van der Waals surface area contributed by atoms with E-state index in [1.807, 2.05) is 6.07 Å². The molecule has 1 amide bonds. The number of carbonyl (C=O) groups excluding carboxylic acids is 1. The van der Waals surface area contributed by atoms with Crippen molar-refractivity contribution >= 4 is 5.91 Å². The second-order valence-corrected chi connectivity index (χ2v) is 3.97. The smallest absolute Gasteiger partial charge is 0.234 e. The van der Waals surface area contributed by atoms with Crippen molar-refractivity contribution in [2.24, 2.45) is 0 Å². The Balaban J connectivity index is 3.33. The molecule has 0 unspecified atom stereocenters. The zero-order chi connectivity index (χ0) is 11.7. The molecule has 0 fully saturated rings.